The highest BCUT2D eigenvalue weighted by Crippen LogP contribution is 2.18. The van der Waals surface area contributed by atoms with Crippen molar-refractivity contribution in [2.24, 2.45) is 4.99 Å². The normalized spacial score (nSPS) is 13.0. The Morgan fingerprint density at radius 2 is 1.71 bits per heavy atom. The Balaban J connectivity index is 2.49. The minimum absolute atomic E-state index is 0.113. The average Bonchev–Trinajstić information content (AvgIpc) is 2.50. The van der Waals surface area contributed by atoms with Gasteiger partial charge in [0.25, 0.3) is 0 Å². The number of nitrogens with one attached hydrogen (secondary N) is 3. The van der Waals surface area contributed by atoms with Crippen molar-refractivity contribution in [3.8, 4) is 0 Å². The molecule has 1 rings (SSSR count). The number of nitrogens with zero attached hydrogens (tertiary/aromatic N) is 1. The van der Waals surface area contributed by atoms with E-state index in [-0.39, 0.29) is 18.3 Å². The fourth-order valence-electron chi connectivity index (χ4n) is 1.77. The molecule has 0 unspecified atom stereocenters. The molecule has 0 spiro atoms. The molecule has 0 bridgehead atoms. The van der Waals surface area contributed by atoms with E-state index in [1.807, 2.05) is 0 Å². The maximum Gasteiger partial charge on any atom is 0.390 e. The minimum atomic E-state index is -4.21. The molecule has 0 aromatic heterocycles. The van der Waals surface area contributed by atoms with Gasteiger partial charge in [-0.3, -0.25) is 4.99 Å². The van der Waals surface area contributed by atoms with Crippen molar-refractivity contribution in [3.05, 3.63) is 35.4 Å². The first-order valence-electron chi connectivity index (χ1n) is 7.15. The number of rotatable bonds is 7. The summed E-state index contributed by atoms with van der Waals surface area (Å²) in [6.07, 6.45) is -5.16. The van der Waals surface area contributed by atoms with Gasteiger partial charge in [0.2, 0.25) is 10.0 Å². The highest BCUT2D eigenvalue weighted by Gasteiger charge is 2.26. The van der Waals surface area contributed by atoms with Gasteiger partial charge >= 0.3 is 6.18 Å². The quantitative estimate of drug-likeness (QED) is 0.503. The van der Waals surface area contributed by atoms with Gasteiger partial charge in [0.05, 0.1) is 12.2 Å². The molecule has 0 atom stereocenters. The summed E-state index contributed by atoms with van der Waals surface area (Å²) >= 11 is 0. The van der Waals surface area contributed by atoms with E-state index in [2.05, 4.69) is 20.3 Å². The predicted octanol–water partition coefficient (Wildman–Crippen LogP) is 1.35. The van der Waals surface area contributed by atoms with Crippen molar-refractivity contribution in [2.45, 2.75) is 24.9 Å². The molecule has 0 heterocycles. The summed E-state index contributed by atoms with van der Waals surface area (Å²) < 4.78 is 61.4. The van der Waals surface area contributed by atoms with E-state index in [1.54, 1.807) is 24.3 Å². The zero-order valence-electron chi connectivity index (χ0n) is 13.4. The molecule has 10 heteroatoms. The lowest BCUT2D eigenvalue weighted by atomic mass is 10.1. The lowest BCUT2D eigenvalue weighted by Crippen LogP contribution is -2.38. The van der Waals surface area contributed by atoms with Crippen LogP contribution < -0.4 is 15.4 Å². The summed E-state index contributed by atoms with van der Waals surface area (Å²) in [5.74, 6) is 0.152. The van der Waals surface area contributed by atoms with Crippen LogP contribution in [0, 0.1) is 0 Å². The highest BCUT2D eigenvalue weighted by molar-refractivity contribution is 7.88. The van der Waals surface area contributed by atoms with Crippen LogP contribution in [0.5, 0.6) is 0 Å². The van der Waals surface area contributed by atoms with E-state index < -0.39 is 22.6 Å². The fourth-order valence-corrected chi connectivity index (χ4v) is 2.55. The summed E-state index contributed by atoms with van der Waals surface area (Å²) in [5, 5.41) is 5.47. The van der Waals surface area contributed by atoms with Gasteiger partial charge in [0.15, 0.2) is 5.96 Å². The molecular weight excluding hydrogens is 345 g/mol. The van der Waals surface area contributed by atoms with Gasteiger partial charge < -0.3 is 10.6 Å². The molecule has 0 saturated carbocycles. The zero-order valence-corrected chi connectivity index (χ0v) is 14.3. The monoisotopic (exact) mass is 366 g/mol. The molecule has 3 N–H and O–H groups in total. The van der Waals surface area contributed by atoms with Gasteiger partial charge in [0, 0.05) is 20.1 Å². The number of benzene rings is 1. The summed E-state index contributed by atoms with van der Waals surface area (Å²) in [4.78, 5) is 3.84. The third-order valence-electron chi connectivity index (χ3n) is 3.08. The zero-order chi connectivity index (χ0) is 18.2. The van der Waals surface area contributed by atoms with Gasteiger partial charge in [0.1, 0.15) is 0 Å². The molecule has 0 fully saturated rings. The molecule has 0 aliphatic rings. The van der Waals surface area contributed by atoms with Crippen molar-refractivity contribution in [1.82, 2.24) is 15.4 Å². The Hall–Kier alpha value is -1.81. The molecule has 0 aliphatic heterocycles. The number of alkyl halides is 3. The van der Waals surface area contributed by atoms with Crippen LogP contribution in [0.2, 0.25) is 0 Å². The molecule has 0 radical (unpaired) electrons. The van der Waals surface area contributed by atoms with Crippen LogP contribution in [-0.4, -0.2) is 41.2 Å². The number of hydrogen-bond acceptors (Lipinski definition) is 3. The Kier molecular flexibility index (Phi) is 7.49. The van der Waals surface area contributed by atoms with Crippen LogP contribution in [0.3, 0.4) is 0 Å². The van der Waals surface area contributed by atoms with E-state index in [0.717, 1.165) is 5.56 Å². The lowest BCUT2D eigenvalue weighted by molar-refractivity contribution is -0.132. The second kappa shape index (κ2) is 8.88. The number of aliphatic imine (C=N–C) groups is 1. The first-order chi connectivity index (χ1) is 11.1. The van der Waals surface area contributed by atoms with Crippen molar-refractivity contribution in [2.75, 3.05) is 20.6 Å². The maximum absolute atomic E-state index is 12.1. The van der Waals surface area contributed by atoms with Crippen LogP contribution >= 0.6 is 0 Å². The standard InChI is InChI=1S/C14H21F3N4O2S/c1-18-13(20-8-7-14(15,16)17)21-9-11-3-5-12(6-4-11)10-24(22,23)19-2/h3-6,19H,7-10H2,1-2H3,(H2,18,20,21). The second-order valence-corrected chi connectivity index (χ2v) is 6.92. The van der Waals surface area contributed by atoms with E-state index in [9.17, 15) is 21.6 Å². The van der Waals surface area contributed by atoms with Crippen LogP contribution in [0.1, 0.15) is 17.5 Å². The molecule has 0 saturated heterocycles. The summed E-state index contributed by atoms with van der Waals surface area (Å²) in [6.45, 7) is 0.0920. The maximum atomic E-state index is 12.1. The third kappa shape index (κ3) is 8.16. The second-order valence-electron chi connectivity index (χ2n) is 5.00. The molecule has 0 amide bonds. The first-order valence-corrected chi connectivity index (χ1v) is 8.81. The Labute approximate surface area is 139 Å². The molecule has 1 aromatic carbocycles. The topological polar surface area (TPSA) is 82.6 Å². The van der Waals surface area contributed by atoms with Gasteiger partial charge in [-0.15, -0.1) is 0 Å². The lowest BCUT2D eigenvalue weighted by Gasteiger charge is -2.13. The number of halogens is 3. The van der Waals surface area contributed by atoms with Gasteiger partial charge in [-0.05, 0) is 18.2 Å². The Bertz CT molecular complexity index is 643. The van der Waals surface area contributed by atoms with E-state index >= 15 is 0 Å². The SMILES string of the molecule is CN=C(NCCC(F)(F)F)NCc1ccc(CS(=O)(=O)NC)cc1. The van der Waals surface area contributed by atoms with E-state index in [4.69, 9.17) is 0 Å². The predicted molar refractivity (Wildman–Crippen MR) is 87.0 cm³/mol. The number of hydrogen-bond donors (Lipinski definition) is 3. The molecular formula is C14H21F3N4O2S. The van der Waals surface area contributed by atoms with Crippen molar-refractivity contribution in [3.63, 3.8) is 0 Å². The molecule has 24 heavy (non-hydrogen) atoms. The van der Waals surface area contributed by atoms with Crippen molar-refractivity contribution < 1.29 is 21.6 Å². The average molecular weight is 366 g/mol. The fraction of sp³-hybridized carbons (Fsp3) is 0.500. The van der Waals surface area contributed by atoms with E-state index in [0.29, 0.717) is 12.1 Å². The van der Waals surface area contributed by atoms with Crippen LogP contribution in [0.15, 0.2) is 29.3 Å². The smallest absolute Gasteiger partial charge is 0.356 e. The van der Waals surface area contributed by atoms with Crippen molar-refractivity contribution >= 4 is 16.0 Å². The van der Waals surface area contributed by atoms with Gasteiger partial charge in [-0.2, -0.15) is 13.2 Å². The molecule has 0 aliphatic carbocycles. The van der Waals surface area contributed by atoms with Gasteiger partial charge in [-0.25, -0.2) is 13.1 Å². The number of guanidine groups is 1. The number of sulfonamides is 1. The van der Waals surface area contributed by atoms with Crippen LogP contribution in [0.25, 0.3) is 0 Å². The van der Waals surface area contributed by atoms with Crippen LogP contribution in [0.4, 0.5) is 13.2 Å². The van der Waals surface area contributed by atoms with E-state index in [1.165, 1.54) is 14.1 Å². The minimum Gasteiger partial charge on any atom is -0.356 e. The van der Waals surface area contributed by atoms with Crippen molar-refractivity contribution in [1.29, 1.82) is 0 Å². The Morgan fingerprint density at radius 1 is 1.12 bits per heavy atom. The molecule has 1 aromatic rings. The molecule has 6 nitrogen and oxygen atoms in total. The summed E-state index contributed by atoms with van der Waals surface area (Å²) in [6, 6.07) is 6.87. The summed E-state index contributed by atoms with van der Waals surface area (Å²) in [7, 11) is -0.505. The molecule has 136 valence electrons. The van der Waals surface area contributed by atoms with Crippen LogP contribution in [-0.2, 0) is 22.3 Å². The highest BCUT2D eigenvalue weighted by atomic mass is 32.2. The van der Waals surface area contributed by atoms with Gasteiger partial charge in [-0.1, -0.05) is 24.3 Å². The summed E-state index contributed by atoms with van der Waals surface area (Å²) in [5.41, 5.74) is 1.49. The first kappa shape index (κ1) is 20.2. The Morgan fingerprint density at radius 3 is 2.21 bits per heavy atom. The largest absolute Gasteiger partial charge is 0.390 e. The third-order valence-corrected chi connectivity index (χ3v) is 4.41.